The highest BCUT2D eigenvalue weighted by molar-refractivity contribution is 7.66. The lowest BCUT2D eigenvalue weighted by Crippen LogP contribution is -2.43. The molecule has 1 saturated heterocycles. The Hall–Kier alpha value is -3.73. The van der Waals surface area contributed by atoms with Crippen molar-refractivity contribution in [3.8, 4) is 0 Å². The van der Waals surface area contributed by atoms with Gasteiger partial charge in [0.25, 0.3) is 5.56 Å². The molecule has 4 aromatic rings. The smallest absolute Gasteiger partial charge is 0.390 e. The number of hydrogen-bond donors (Lipinski definition) is 8. The molecular weight excluding hydrogens is 731 g/mol. The number of benzene rings is 3. The fraction of sp³-hybridized carbons (Fsp3) is 0.267. The highest BCUT2D eigenvalue weighted by Crippen LogP contribution is 2.66. The van der Waals surface area contributed by atoms with E-state index in [1.165, 1.54) is 11.1 Å². The molecule has 51 heavy (non-hydrogen) atoms. The fourth-order valence-corrected chi connectivity index (χ4v) is 9.49. The van der Waals surface area contributed by atoms with Crippen LogP contribution in [0.5, 0.6) is 0 Å². The predicted octanol–water partition coefficient (Wildman–Crippen LogP) is 3.88. The van der Waals surface area contributed by atoms with Gasteiger partial charge in [0.1, 0.15) is 24.2 Å². The van der Waals surface area contributed by atoms with Gasteiger partial charge < -0.3 is 45.4 Å². The standard InChI is InChI=1S/C30H32N5O13P3/c1-15-2-5-18-11-19-8-7-17-6-3-16(10-21(17)22(19)12-20(15)18)4-9-25-32-27-28(33-30(31)34-29(27)37)35(25)26-13-23(36)24(46-26)14-45-50(41,42)48-51(43,44)47-49(38,39)40/h2-12,15,23-26,32,36H,13-14H2,1H3,(H,41,42)(H,43,44)(H2,38,39,40)(H3,31,33,34,37)/b9-4+/t15?,23-,24+,25?,26+/m0/s1. The van der Waals surface area contributed by atoms with Gasteiger partial charge in [-0.15, -0.1) is 0 Å². The van der Waals surface area contributed by atoms with Gasteiger partial charge in [0, 0.05) is 6.42 Å². The number of anilines is 3. The van der Waals surface area contributed by atoms with Crippen LogP contribution in [0.2, 0.25) is 0 Å². The van der Waals surface area contributed by atoms with Crippen molar-refractivity contribution in [1.82, 2.24) is 9.97 Å². The summed E-state index contributed by atoms with van der Waals surface area (Å²) in [5.41, 5.74) is 8.69. The Bertz CT molecular complexity index is 2330. The average Bonchev–Trinajstić information content (AvgIpc) is 3.70. The van der Waals surface area contributed by atoms with Crippen LogP contribution in [-0.4, -0.2) is 65.9 Å². The molecule has 1 aromatic heterocycles. The second-order valence-electron chi connectivity index (χ2n) is 12.2. The lowest BCUT2D eigenvalue weighted by molar-refractivity contribution is -0.0223. The summed E-state index contributed by atoms with van der Waals surface area (Å²) in [6.07, 6.45) is 3.39. The van der Waals surface area contributed by atoms with Gasteiger partial charge >= 0.3 is 23.5 Å². The van der Waals surface area contributed by atoms with Gasteiger partial charge in [-0.25, -0.2) is 13.7 Å². The Kier molecular flexibility index (Phi) is 9.12. The molecule has 1 fully saturated rings. The summed E-state index contributed by atoms with van der Waals surface area (Å²) in [4.78, 5) is 57.8. The topological polar surface area (TPSA) is 276 Å². The summed E-state index contributed by atoms with van der Waals surface area (Å²) >= 11 is 0. The van der Waals surface area contributed by atoms with Crippen molar-refractivity contribution in [2.45, 2.75) is 43.9 Å². The van der Waals surface area contributed by atoms with E-state index in [1.807, 2.05) is 18.2 Å². The van der Waals surface area contributed by atoms with Crippen LogP contribution in [0.4, 0.5) is 17.5 Å². The monoisotopic (exact) mass is 763 g/mol. The van der Waals surface area contributed by atoms with Crippen LogP contribution in [-0.2, 0) is 31.6 Å². The van der Waals surface area contributed by atoms with Crippen molar-refractivity contribution in [2.24, 2.45) is 0 Å². The number of aliphatic hydroxyl groups excluding tert-OH is 1. The molecule has 3 aromatic carbocycles. The molecule has 3 aliphatic rings. The summed E-state index contributed by atoms with van der Waals surface area (Å²) in [6, 6.07) is 14.6. The average molecular weight is 764 g/mol. The number of allylic oxidation sites excluding steroid dienone is 1. The van der Waals surface area contributed by atoms with Gasteiger partial charge in [0.05, 0.1) is 12.7 Å². The minimum absolute atomic E-state index is 0.0785. The van der Waals surface area contributed by atoms with Gasteiger partial charge in [-0.1, -0.05) is 49.4 Å². The maximum absolute atomic E-state index is 12.9. The summed E-state index contributed by atoms with van der Waals surface area (Å²) in [7, 11) is -16.8. The zero-order chi connectivity index (χ0) is 36.5. The van der Waals surface area contributed by atoms with Gasteiger partial charge in [-0.05, 0) is 68.4 Å². The molecule has 4 unspecified atom stereocenters. The van der Waals surface area contributed by atoms with Crippen molar-refractivity contribution in [3.05, 3.63) is 81.7 Å². The molecule has 270 valence electrons. The number of nitrogens with two attached hydrogens (primary N) is 1. The number of H-pyrrole nitrogens is 1. The number of nitrogen functional groups attached to an aromatic ring is 1. The number of phosphoric acid groups is 3. The first-order chi connectivity index (χ1) is 24.0. The van der Waals surface area contributed by atoms with E-state index < -0.39 is 60.2 Å². The van der Waals surface area contributed by atoms with E-state index in [2.05, 4.69) is 77.8 Å². The van der Waals surface area contributed by atoms with Crippen LogP contribution < -0.4 is 21.5 Å². The molecule has 21 heteroatoms. The van der Waals surface area contributed by atoms with E-state index in [0.717, 1.165) is 27.1 Å². The molecule has 1 aliphatic carbocycles. The van der Waals surface area contributed by atoms with Crippen LogP contribution in [0, 0.1) is 0 Å². The van der Waals surface area contributed by atoms with Crippen LogP contribution in [0.15, 0.2) is 59.4 Å². The van der Waals surface area contributed by atoms with E-state index in [4.69, 9.17) is 20.3 Å². The molecule has 3 heterocycles. The molecule has 9 N–H and O–H groups in total. The first kappa shape index (κ1) is 35.7. The molecule has 0 saturated carbocycles. The van der Waals surface area contributed by atoms with E-state index >= 15 is 0 Å². The van der Waals surface area contributed by atoms with Crippen molar-refractivity contribution in [1.29, 1.82) is 0 Å². The summed E-state index contributed by atoms with van der Waals surface area (Å²) in [5, 5.41) is 18.2. The minimum Gasteiger partial charge on any atom is -0.390 e. The molecule has 18 nitrogen and oxygen atoms in total. The summed E-state index contributed by atoms with van der Waals surface area (Å²) in [5.74, 6) is 0.237. The number of nitrogens with zero attached hydrogens (tertiary/aromatic N) is 2. The lowest BCUT2D eigenvalue weighted by atomic mass is 9.94. The van der Waals surface area contributed by atoms with E-state index in [-0.39, 0.29) is 23.9 Å². The van der Waals surface area contributed by atoms with Crippen molar-refractivity contribution in [3.63, 3.8) is 0 Å². The van der Waals surface area contributed by atoms with E-state index in [1.54, 1.807) is 11.0 Å². The number of fused-ring (bicyclic) bond motifs is 5. The summed E-state index contributed by atoms with van der Waals surface area (Å²) in [6.45, 7) is 1.29. The number of hydrogen-bond acceptors (Lipinski definition) is 13. The first-order valence-corrected chi connectivity index (χ1v) is 19.9. The number of rotatable bonds is 10. The van der Waals surface area contributed by atoms with Crippen molar-refractivity contribution < 1.29 is 56.3 Å². The predicted molar refractivity (Wildman–Crippen MR) is 186 cm³/mol. The largest absolute Gasteiger partial charge is 0.490 e. The second-order valence-corrected chi connectivity index (χ2v) is 16.6. The Morgan fingerprint density at radius 3 is 2.53 bits per heavy atom. The van der Waals surface area contributed by atoms with Gasteiger partial charge in [0.15, 0.2) is 5.82 Å². The molecular formula is C30H32N5O13P3. The number of phosphoric ester groups is 1. The molecule has 0 amide bonds. The third-order valence-corrected chi connectivity index (χ3v) is 12.5. The lowest BCUT2D eigenvalue weighted by Gasteiger charge is -2.29. The Morgan fingerprint density at radius 1 is 1.04 bits per heavy atom. The molecule has 0 spiro atoms. The Balaban J connectivity index is 1.13. The van der Waals surface area contributed by atoms with Gasteiger partial charge in [0.2, 0.25) is 5.95 Å². The van der Waals surface area contributed by atoms with Crippen LogP contribution in [0.3, 0.4) is 0 Å². The van der Waals surface area contributed by atoms with Gasteiger partial charge in [-0.3, -0.25) is 14.3 Å². The second kappa shape index (κ2) is 13.0. The fourth-order valence-electron chi connectivity index (χ4n) is 6.46. The number of nitrogens with one attached hydrogen (secondary N) is 2. The Labute approximate surface area is 288 Å². The van der Waals surface area contributed by atoms with Crippen LogP contribution >= 0.6 is 23.5 Å². The van der Waals surface area contributed by atoms with Crippen molar-refractivity contribution in [2.75, 3.05) is 22.6 Å². The SMILES string of the molecule is CC1C=Cc2cc3ccc4ccc(/C=C/C5Nc6c(nc(N)[nH]c6=O)N5[C@H]5C[C@H](O)[C@@H](COP(=O)(O)OP(=O)(O)OP(=O)(O)O)O5)cc4c3cc21. The molecule has 7 atom stereocenters. The number of ether oxygens (including phenoxy) is 1. The van der Waals surface area contributed by atoms with Crippen LogP contribution in [0.25, 0.3) is 33.7 Å². The summed E-state index contributed by atoms with van der Waals surface area (Å²) < 4.78 is 52.9. The highest BCUT2D eigenvalue weighted by Gasteiger charge is 2.46. The first-order valence-electron chi connectivity index (χ1n) is 15.4. The Morgan fingerprint density at radius 2 is 1.76 bits per heavy atom. The minimum atomic E-state index is -5.74. The van der Waals surface area contributed by atoms with Crippen LogP contribution in [0.1, 0.15) is 36.0 Å². The molecule has 2 aliphatic heterocycles. The number of aliphatic hydroxyl groups is 1. The zero-order valence-electron chi connectivity index (χ0n) is 26.5. The van der Waals surface area contributed by atoms with Crippen molar-refractivity contribution >= 4 is 74.6 Å². The maximum Gasteiger partial charge on any atom is 0.490 e. The highest BCUT2D eigenvalue weighted by atomic mass is 31.3. The quantitative estimate of drug-likeness (QED) is 0.0840. The molecule has 7 rings (SSSR count). The molecule has 0 radical (unpaired) electrons. The van der Waals surface area contributed by atoms with Gasteiger partial charge in [-0.2, -0.15) is 13.6 Å². The zero-order valence-corrected chi connectivity index (χ0v) is 29.2. The number of aromatic nitrogens is 2. The normalized spacial score (nSPS) is 25.3. The molecule has 0 bridgehead atoms. The number of aromatic amines is 1. The third kappa shape index (κ3) is 7.46. The maximum atomic E-state index is 12.9. The third-order valence-electron chi connectivity index (χ3n) is 8.68. The van der Waals surface area contributed by atoms with E-state index in [9.17, 15) is 33.4 Å². The van der Waals surface area contributed by atoms with E-state index in [0.29, 0.717) is 5.92 Å².